The van der Waals surface area contributed by atoms with Gasteiger partial charge in [-0.2, -0.15) is 0 Å². The van der Waals surface area contributed by atoms with E-state index in [9.17, 15) is 0 Å². The fourth-order valence-corrected chi connectivity index (χ4v) is 0.204. The van der Waals surface area contributed by atoms with Crippen LogP contribution in [0.1, 0.15) is 170 Å². The fraction of sp³-hybridized carbons (Fsp3) is 0.692. The van der Waals surface area contributed by atoms with E-state index in [1.54, 1.807) is 0 Å². The number of allylic oxidation sites excluding steroid dienone is 7. The molecule has 0 nitrogen and oxygen atoms in total. The van der Waals surface area contributed by atoms with E-state index in [2.05, 4.69) is 136 Å². The Morgan fingerprint density at radius 3 is 0.795 bits per heavy atom. The van der Waals surface area contributed by atoms with Crippen molar-refractivity contribution in [2.24, 2.45) is 11.8 Å². The van der Waals surface area contributed by atoms with Gasteiger partial charge in [-0.15, -0.1) is 32.9 Å². The van der Waals surface area contributed by atoms with Gasteiger partial charge in [0.15, 0.2) is 0 Å². The van der Waals surface area contributed by atoms with Crippen LogP contribution in [0.15, 0.2) is 73.4 Å². The van der Waals surface area contributed by atoms with Crippen molar-refractivity contribution in [2.75, 3.05) is 0 Å². The molecule has 0 aliphatic heterocycles. The van der Waals surface area contributed by atoms with Gasteiger partial charge in [0, 0.05) is 0 Å². The summed E-state index contributed by atoms with van der Waals surface area (Å²) in [4.78, 5) is 0. The first-order valence-corrected chi connectivity index (χ1v) is 15.5. The Morgan fingerprint density at radius 2 is 0.795 bits per heavy atom. The zero-order chi connectivity index (χ0) is 33.8. The molecule has 240 valence electrons. The summed E-state index contributed by atoms with van der Waals surface area (Å²) in [6, 6.07) is 0. The van der Waals surface area contributed by atoms with E-state index in [1.807, 2.05) is 46.8 Å². The van der Waals surface area contributed by atoms with Gasteiger partial charge in [0.05, 0.1) is 0 Å². The van der Waals surface area contributed by atoms with Crippen LogP contribution in [-0.2, 0) is 0 Å². The van der Waals surface area contributed by atoms with Gasteiger partial charge >= 0.3 is 0 Å². The molecule has 0 aromatic rings. The minimum Gasteiger partial charge on any atom is -0.103 e. The van der Waals surface area contributed by atoms with Crippen LogP contribution in [-0.4, -0.2) is 0 Å². The van der Waals surface area contributed by atoms with Gasteiger partial charge in [0.1, 0.15) is 0 Å². The lowest BCUT2D eigenvalue weighted by atomic mass is 10.2. The largest absolute Gasteiger partial charge is 0.103 e. The van der Waals surface area contributed by atoms with Gasteiger partial charge in [-0.3, -0.25) is 0 Å². The van der Waals surface area contributed by atoms with Gasteiger partial charge in [-0.1, -0.05) is 143 Å². The van der Waals surface area contributed by atoms with Crippen molar-refractivity contribution in [1.82, 2.24) is 0 Å². The Balaban J connectivity index is -0.0000000373. The van der Waals surface area contributed by atoms with E-state index in [-0.39, 0.29) is 0 Å². The van der Waals surface area contributed by atoms with E-state index < -0.39 is 0 Å². The number of hydrogen-bond donors (Lipinski definition) is 0. The van der Waals surface area contributed by atoms with E-state index >= 15 is 0 Å². The maximum Gasteiger partial charge on any atom is -0.0293 e. The molecule has 0 aliphatic rings. The SMILES string of the molecule is C=C(C)C.C=C(C)C.C=C(C)CC.C=CC(C)C.C=CCC.CC(C)C.CC=C(C)CC.CCC.CCCC. The van der Waals surface area contributed by atoms with Crippen molar-refractivity contribution in [3.8, 4) is 0 Å². The molecule has 0 fully saturated rings. The third kappa shape index (κ3) is 607. The molecule has 0 rings (SSSR count). The first-order chi connectivity index (χ1) is 17.8. The van der Waals surface area contributed by atoms with Gasteiger partial charge in [-0.05, 0) is 79.6 Å². The standard InChI is InChI=1S/C6H12.2C5H10.C4H10.2C4H8.C4H10.C4H8.C3H8/c1-4-6(3)5-2;2*1-4-5(2)3;3*1-4(2)3;2*1-3-4-2;1-3-2/h4H,5H2,1-3H3;2,4H2,1,3H3;4-5H,1H2,2-3H3;4H,1-3H3;2*1H2,2-3H3;3-4H2,1-2H3;3H,1,4H2,2H3;3H2,1-2H3. The molecule has 0 heterocycles. The first-order valence-electron chi connectivity index (χ1n) is 15.5. The lowest BCUT2D eigenvalue weighted by Gasteiger charge is -1.85. The van der Waals surface area contributed by atoms with Crippen LogP contribution in [0.3, 0.4) is 0 Å². The van der Waals surface area contributed by atoms with E-state index in [0.717, 1.165) is 18.8 Å². The fourth-order valence-electron chi connectivity index (χ4n) is 0.204. The zero-order valence-electron chi connectivity index (χ0n) is 31.7. The summed E-state index contributed by atoms with van der Waals surface area (Å²) >= 11 is 0. The Morgan fingerprint density at radius 1 is 0.615 bits per heavy atom. The molecule has 0 aliphatic carbocycles. The molecule has 0 aromatic carbocycles. The summed E-state index contributed by atoms with van der Waals surface area (Å²) in [6.07, 6.45) is 13.2. The number of unbranched alkanes of at least 4 members (excludes halogenated alkanes) is 1. The van der Waals surface area contributed by atoms with E-state index in [0.29, 0.717) is 5.92 Å². The second-order valence-electron chi connectivity index (χ2n) is 10.8. The molecule has 39 heavy (non-hydrogen) atoms. The zero-order valence-corrected chi connectivity index (χ0v) is 31.7. The molecule has 0 radical (unpaired) electrons. The van der Waals surface area contributed by atoms with Crippen LogP contribution in [0.4, 0.5) is 0 Å². The quantitative estimate of drug-likeness (QED) is 0.297. The van der Waals surface area contributed by atoms with Crippen LogP contribution in [0.25, 0.3) is 0 Å². The smallest absolute Gasteiger partial charge is 0.0293 e. The summed E-state index contributed by atoms with van der Waals surface area (Å²) in [5.41, 5.74) is 5.06. The average Bonchev–Trinajstić information content (AvgIpc) is 2.83. The third-order valence-corrected chi connectivity index (χ3v) is 2.91. The second-order valence-corrected chi connectivity index (χ2v) is 10.8. The lowest BCUT2D eigenvalue weighted by Crippen LogP contribution is -1.71. The highest BCUT2D eigenvalue weighted by Gasteiger charge is 1.74. The summed E-state index contributed by atoms with van der Waals surface area (Å²) in [5.74, 6) is 1.48. The van der Waals surface area contributed by atoms with Gasteiger partial charge < -0.3 is 0 Å². The summed E-state index contributed by atoms with van der Waals surface area (Å²) in [5, 5.41) is 0. The first kappa shape index (κ1) is 61.5. The molecule has 0 N–H and O–H groups in total. The molecular weight excluding hydrogens is 468 g/mol. The molecule has 0 amide bonds. The average molecular weight is 553 g/mol. The molecule has 0 aromatic heterocycles. The van der Waals surface area contributed by atoms with Crippen LogP contribution < -0.4 is 0 Å². The normalized spacial score (nSPS) is 8.08. The van der Waals surface area contributed by atoms with Crippen LogP contribution >= 0.6 is 0 Å². The molecule has 0 atom stereocenters. The summed E-state index contributed by atoms with van der Waals surface area (Å²) in [7, 11) is 0. The van der Waals surface area contributed by atoms with E-state index in [4.69, 9.17) is 0 Å². The molecule has 0 saturated carbocycles. The highest BCUT2D eigenvalue weighted by Crippen LogP contribution is 1.94. The minimum atomic E-state index is 0.648. The number of rotatable bonds is 5. The second kappa shape index (κ2) is 70.7. The van der Waals surface area contributed by atoms with Crippen LogP contribution in [0, 0.1) is 11.8 Å². The molecule has 0 heteroatoms. The molecule has 0 bridgehead atoms. The topological polar surface area (TPSA) is 0 Å². The predicted molar refractivity (Wildman–Crippen MR) is 198 cm³/mol. The van der Waals surface area contributed by atoms with Crippen molar-refractivity contribution >= 4 is 0 Å². The minimum absolute atomic E-state index is 0.648. The van der Waals surface area contributed by atoms with Crippen LogP contribution in [0.5, 0.6) is 0 Å². The Kier molecular flexibility index (Phi) is 111. The van der Waals surface area contributed by atoms with Crippen LogP contribution in [0.2, 0.25) is 0 Å². The van der Waals surface area contributed by atoms with Crippen molar-refractivity contribution in [3.05, 3.63) is 73.4 Å². The molecular formula is C39H84. The monoisotopic (exact) mass is 553 g/mol. The molecule has 0 spiro atoms. The summed E-state index contributed by atoms with van der Waals surface area (Å²) in [6.45, 7) is 57.6. The summed E-state index contributed by atoms with van der Waals surface area (Å²) < 4.78 is 0. The molecule has 0 unspecified atom stereocenters. The Labute approximate surface area is 255 Å². The highest BCUT2D eigenvalue weighted by molar-refractivity contribution is 4.93. The Bertz CT molecular complexity index is 430. The maximum atomic E-state index is 3.67. The Hall–Kier alpha value is -1.56. The van der Waals surface area contributed by atoms with Gasteiger partial charge in [0.25, 0.3) is 0 Å². The number of hydrogen-bond acceptors (Lipinski definition) is 0. The van der Waals surface area contributed by atoms with Crippen molar-refractivity contribution in [3.63, 3.8) is 0 Å². The van der Waals surface area contributed by atoms with Crippen molar-refractivity contribution in [2.45, 2.75) is 170 Å². The third-order valence-electron chi connectivity index (χ3n) is 2.91. The van der Waals surface area contributed by atoms with Crippen molar-refractivity contribution in [1.29, 1.82) is 0 Å². The van der Waals surface area contributed by atoms with Gasteiger partial charge in [-0.25, -0.2) is 0 Å². The van der Waals surface area contributed by atoms with E-state index in [1.165, 1.54) is 48.0 Å². The predicted octanol–water partition coefficient (Wildman–Crippen LogP) is 15.8. The highest BCUT2D eigenvalue weighted by atomic mass is 13.8. The van der Waals surface area contributed by atoms with Gasteiger partial charge in [0.2, 0.25) is 0 Å². The lowest BCUT2D eigenvalue weighted by molar-refractivity contribution is 0.737. The molecule has 0 saturated heterocycles. The van der Waals surface area contributed by atoms with Crippen molar-refractivity contribution < 1.29 is 0 Å². The maximum absolute atomic E-state index is 3.67.